The molecule has 0 spiro atoms. The zero-order valence-electron chi connectivity index (χ0n) is 47.0. The first kappa shape index (κ1) is 67.8. The van der Waals surface area contributed by atoms with Gasteiger partial charge in [0.2, 0.25) is 0 Å². The molecule has 0 aliphatic carbocycles. The van der Waals surface area contributed by atoms with Crippen molar-refractivity contribution in [3.8, 4) is 0 Å². The van der Waals surface area contributed by atoms with Gasteiger partial charge in [0.05, 0.1) is 0 Å². The van der Waals surface area contributed by atoms with Crippen molar-refractivity contribution < 1.29 is 28.6 Å². The van der Waals surface area contributed by atoms with Gasteiger partial charge in [-0.3, -0.25) is 14.4 Å². The molecule has 0 heterocycles. The summed E-state index contributed by atoms with van der Waals surface area (Å²) in [4.78, 5) is 38.2. The van der Waals surface area contributed by atoms with Crippen molar-refractivity contribution in [2.24, 2.45) is 0 Å². The van der Waals surface area contributed by atoms with E-state index in [1.54, 1.807) is 0 Å². The molecule has 1 unspecified atom stereocenters. The molecule has 0 fully saturated rings. The number of esters is 3. The summed E-state index contributed by atoms with van der Waals surface area (Å²) in [6, 6.07) is 0. The highest BCUT2D eigenvalue weighted by molar-refractivity contribution is 5.71. The van der Waals surface area contributed by atoms with E-state index < -0.39 is 6.10 Å². The maximum atomic E-state index is 12.8. The second-order valence-electron chi connectivity index (χ2n) is 20.2. The van der Waals surface area contributed by atoms with Crippen LogP contribution < -0.4 is 0 Å². The first-order valence-corrected chi connectivity index (χ1v) is 30.4. The van der Waals surface area contributed by atoms with Crippen LogP contribution in [0.15, 0.2) is 72.9 Å². The lowest BCUT2D eigenvalue weighted by atomic mass is 10.0. The van der Waals surface area contributed by atoms with Gasteiger partial charge in [-0.15, -0.1) is 0 Å². The molecule has 0 aromatic heterocycles. The topological polar surface area (TPSA) is 78.9 Å². The fourth-order valence-electron chi connectivity index (χ4n) is 8.60. The quantitative estimate of drug-likeness (QED) is 0.0261. The van der Waals surface area contributed by atoms with Crippen molar-refractivity contribution in [1.82, 2.24) is 0 Å². The van der Waals surface area contributed by atoms with E-state index >= 15 is 0 Å². The normalized spacial score (nSPS) is 12.5. The smallest absolute Gasteiger partial charge is 0.306 e. The van der Waals surface area contributed by atoms with Crippen LogP contribution in [0.1, 0.15) is 303 Å². The molecule has 6 nitrogen and oxygen atoms in total. The van der Waals surface area contributed by atoms with E-state index in [-0.39, 0.29) is 37.5 Å². The van der Waals surface area contributed by atoms with Crippen molar-refractivity contribution >= 4 is 17.9 Å². The fraction of sp³-hybridized carbons (Fsp3) is 0.769. The Hall–Kier alpha value is -3.15. The lowest BCUT2D eigenvalue weighted by molar-refractivity contribution is -0.167. The van der Waals surface area contributed by atoms with Gasteiger partial charge in [-0.2, -0.15) is 0 Å². The summed E-state index contributed by atoms with van der Waals surface area (Å²) in [5, 5.41) is 0. The first-order valence-electron chi connectivity index (χ1n) is 30.4. The van der Waals surface area contributed by atoms with Crippen LogP contribution in [0, 0.1) is 0 Å². The van der Waals surface area contributed by atoms with E-state index in [0.29, 0.717) is 19.3 Å². The zero-order valence-corrected chi connectivity index (χ0v) is 47.0. The van der Waals surface area contributed by atoms with Crippen molar-refractivity contribution in [2.45, 2.75) is 309 Å². The number of ether oxygens (including phenoxy) is 3. The molecule has 0 aliphatic rings. The van der Waals surface area contributed by atoms with Gasteiger partial charge in [-0.05, 0) is 109 Å². The van der Waals surface area contributed by atoms with Crippen LogP contribution in [0.2, 0.25) is 0 Å². The maximum absolute atomic E-state index is 12.8. The van der Waals surface area contributed by atoms with Gasteiger partial charge < -0.3 is 14.2 Å². The fourth-order valence-corrected chi connectivity index (χ4v) is 8.60. The molecule has 0 rings (SSSR count). The minimum absolute atomic E-state index is 0.0935. The van der Waals surface area contributed by atoms with Crippen LogP contribution in [-0.4, -0.2) is 37.2 Å². The number of unbranched alkanes of at least 4 members (excludes halogenated alkanes) is 32. The first-order chi connectivity index (χ1) is 35.0. The van der Waals surface area contributed by atoms with Crippen molar-refractivity contribution in [3.63, 3.8) is 0 Å². The summed E-state index contributed by atoms with van der Waals surface area (Å²) in [7, 11) is 0. The summed E-state index contributed by atoms with van der Waals surface area (Å²) in [6.45, 7) is 6.49. The summed E-state index contributed by atoms with van der Waals surface area (Å²) in [5.41, 5.74) is 0. The van der Waals surface area contributed by atoms with Crippen LogP contribution in [0.25, 0.3) is 0 Å². The molecular weight excluding hydrogens is 877 g/mol. The molecule has 0 saturated carbocycles. The summed E-state index contributed by atoms with van der Waals surface area (Å²) in [5.74, 6) is -0.935. The molecular formula is C65H114O6. The van der Waals surface area contributed by atoms with Crippen molar-refractivity contribution in [1.29, 1.82) is 0 Å². The largest absolute Gasteiger partial charge is 0.462 e. The molecule has 71 heavy (non-hydrogen) atoms. The average Bonchev–Trinajstić information content (AvgIpc) is 3.37. The van der Waals surface area contributed by atoms with Gasteiger partial charge in [-0.1, -0.05) is 248 Å². The Morgan fingerprint density at radius 1 is 0.296 bits per heavy atom. The number of hydrogen-bond acceptors (Lipinski definition) is 6. The molecule has 0 aliphatic heterocycles. The average molecular weight is 992 g/mol. The monoisotopic (exact) mass is 991 g/mol. The number of carbonyl (C=O) groups is 3. The zero-order chi connectivity index (χ0) is 51.4. The van der Waals surface area contributed by atoms with Gasteiger partial charge >= 0.3 is 17.9 Å². The van der Waals surface area contributed by atoms with Gasteiger partial charge in [0.1, 0.15) is 13.2 Å². The third kappa shape index (κ3) is 57.6. The maximum Gasteiger partial charge on any atom is 0.306 e. The van der Waals surface area contributed by atoms with Crippen LogP contribution in [0.4, 0.5) is 0 Å². The van der Waals surface area contributed by atoms with Crippen molar-refractivity contribution in [2.75, 3.05) is 13.2 Å². The molecule has 0 aromatic rings. The van der Waals surface area contributed by atoms with Crippen LogP contribution in [0.5, 0.6) is 0 Å². The van der Waals surface area contributed by atoms with Gasteiger partial charge in [0, 0.05) is 19.3 Å². The Morgan fingerprint density at radius 2 is 0.549 bits per heavy atom. The van der Waals surface area contributed by atoms with Crippen LogP contribution in [0.3, 0.4) is 0 Å². The predicted octanol–water partition coefficient (Wildman–Crippen LogP) is 20.5. The van der Waals surface area contributed by atoms with E-state index in [0.717, 1.165) is 83.5 Å². The van der Waals surface area contributed by atoms with Gasteiger partial charge in [0.15, 0.2) is 6.10 Å². The van der Waals surface area contributed by atoms with Gasteiger partial charge in [-0.25, -0.2) is 0 Å². The minimum atomic E-state index is -0.800. The summed E-state index contributed by atoms with van der Waals surface area (Å²) in [6.07, 6.45) is 76.3. The number of rotatable bonds is 55. The summed E-state index contributed by atoms with van der Waals surface area (Å²) < 4.78 is 16.8. The minimum Gasteiger partial charge on any atom is -0.462 e. The molecule has 0 radical (unpaired) electrons. The molecule has 0 aromatic carbocycles. The number of allylic oxidation sites excluding steroid dienone is 12. The standard InChI is InChI=1S/C65H114O6/c1-4-7-10-13-16-19-22-25-27-28-29-30-31-32-33-34-35-36-38-40-43-46-49-52-55-58-64(67)70-61-62(60-69-63(66)57-54-51-48-45-42-39-24-21-18-15-12-9-6-3)71-65(68)59-56-53-50-47-44-41-37-26-23-20-17-14-11-8-5-2/h8,11,17,20-21,24,26,28-29,37,44,47,62H,4-7,9-10,12-16,18-19,22-23,25,27,30-36,38-43,45-46,48-61H2,1-3H3/b11-8-,20-17-,24-21-,29-28-,37-26-,47-44-. The predicted molar refractivity (Wildman–Crippen MR) is 307 cm³/mol. The highest BCUT2D eigenvalue weighted by Gasteiger charge is 2.19. The number of carbonyl (C=O) groups excluding carboxylic acids is 3. The lowest BCUT2D eigenvalue weighted by Gasteiger charge is -2.18. The van der Waals surface area contributed by atoms with Gasteiger partial charge in [0.25, 0.3) is 0 Å². The number of hydrogen-bond donors (Lipinski definition) is 0. The lowest BCUT2D eigenvalue weighted by Crippen LogP contribution is -2.30. The van der Waals surface area contributed by atoms with E-state index in [1.165, 1.54) is 173 Å². The second-order valence-corrected chi connectivity index (χ2v) is 20.2. The Bertz CT molecular complexity index is 1320. The highest BCUT2D eigenvalue weighted by atomic mass is 16.6. The Labute approximate surface area is 440 Å². The molecule has 0 bridgehead atoms. The van der Waals surface area contributed by atoms with E-state index in [2.05, 4.69) is 93.7 Å². The molecule has 1 atom stereocenters. The Kier molecular flexibility index (Phi) is 56.8. The van der Waals surface area contributed by atoms with E-state index in [1.807, 2.05) is 0 Å². The molecule has 0 amide bonds. The van der Waals surface area contributed by atoms with Crippen LogP contribution in [-0.2, 0) is 28.6 Å². The summed E-state index contributed by atoms with van der Waals surface area (Å²) >= 11 is 0. The molecule has 0 N–H and O–H groups in total. The van der Waals surface area contributed by atoms with Crippen LogP contribution >= 0.6 is 0 Å². The molecule has 6 heteroatoms. The highest BCUT2D eigenvalue weighted by Crippen LogP contribution is 2.16. The SMILES string of the molecule is CC/C=C\C/C=C\C/C=C\C/C=C\CCCCC(=O)OC(COC(=O)CCCCCCC/C=C\CCCCCC)COC(=O)CCCCCCCCCCCCCCC/C=C\CCCCCCCCCC. The Morgan fingerprint density at radius 3 is 0.915 bits per heavy atom. The molecule has 0 saturated heterocycles. The van der Waals surface area contributed by atoms with E-state index in [4.69, 9.17) is 14.2 Å². The Balaban J connectivity index is 4.30. The second kappa shape index (κ2) is 59.4. The molecule has 410 valence electrons. The van der Waals surface area contributed by atoms with E-state index in [9.17, 15) is 14.4 Å². The van der Waals surface area contributed by atoms with Crippen molar-refractivity contribution in [3.05, 3.63) is 72.9 Å². The third-order valence-electron chi connectivity index (χ3n) is 13.2. The third-order valence-corrected chi connectivity index (χ3v) is 13.2.